The summed E-state index contributed by atoms with van der Waals surface area (Å²) in [5.74, 6) is 0.314. The Morgan fingerprint density at radius 3 is 2.57 bits per heavy atom. The molecule has 1 aromatic rings. The minimum absolute atomic E-state index is 0.314. The summed E-state index contributed by atoms with van der Waals surface area (Å²) in [4.78, 5) is 14.0. The lowest BCUT2D eigenvalue weighted by atomic mass is 9.96. The van der Waals surface area contributed by atoms with Gasteiger partial charge in [0.05, 0.1) is 0 Å². The summed E-state index contributed by atoms with van der Waals surface area (Å²) < 4.78 is 0. The van der Waals surface area contributed by atoms with Crippen LogP contribution in [-0.2, 0) is 4.79 Å². The quantitative estimate of drug-likeness (QED) is 0.733. The van der Waals surface area contributed by atoms with Crippen LogP contribution in [0.25, 0.3) is 0 Å². The average Bonchev–Trinajstić information content (AvgIpc) is 2.52. The minimum atomic E-state index is 0.314. The molecule has 1 aliphatic rings. The third-order valence-corrected chi connectivity index (χ3v) is 4.35. The molecule has 2 heteroatoms. The second kappa shape index (κ2) is 8.14. The van der Waals surface area contributed by atoms with Crippen LogP contribution in [0.3, 0.4) is 0 Å². The first-order valence-electron chi connectivity index (χ1n) is 8.22. The van der Waals surface area contributed by atoms with E-state index in [-0.39, 0.29) is 0 Å². The molecule has 1 aliphatic carbocycles. The van der Waals surface area contributed by atoms with Crippen LogP contribution in [0.2, 0.25) is 0 Å². The number of hydrogen-bond donors (Lipinski definition) is 0. The summed E-state index contributed by atoms with van der Waals surface area (Å²) in [5.41, 5.74) is 2.72. The lowest BCUT2D eigenvalue weighted by Crippen LogP contribution is -2.29. The molecule has 2 rings (SSSR count). The van der Waals surface area contributed by atoms with Gasteiger partial charge in [-0.3, -0.25) is 9.69 Å². The number of hydrogen-bond acceptors (Lipinski definition) is 2. The highest BCUT2D eigenvalue weighted by molar-refractivity contribution is 5.91. The maximum absolute atomic E-state index is 11.5. The SMILES string of the molecule is CCCN(CCC1=CC(=O)CCC1)C(C)c1ccccc1. The van der Waals surface area contributed by atoms with Crippen molar-refractivity contribution in [3.8, 4) is 0 Å². The van der Waals surface area contributed by atoms with Crippen LogP contribution in [-0.4, -0.2) is 23.8 Å². The van der Waals surface area contributed by atoms with E-state index in [2.05, 4.69) is 49.1 Å². The van der Waals surface area contributed by atoms with Gasteiger partial charge in [0.1, 0.15) is 0 Å². The van der Waals surface area contributed by atoms with Gasteiger partial charge >= 0.3 is 0 Å². The van der Waals surface area contributed by atoms with Crippen LogP contribution in [0, 0.1) is 0 Å². The first kappa shape index (κ1) is 16.0. The van der Waals surface area contributed by atoms with Crippen LogP contribution in [0.1, 0.15) is 57.6 Å². The summed E-state index contributed by atoms with van der Waals surface area (Å²) in [6.07, 6.45) is 6.96. The van der Waals surface area contributed by atoms with Gasteiger partial charge in [-0.25, -0.2) is 0 Å². The molecule has 0 spiro atoms. The molecular weight excluding hydrogens is 258 g/mol. The molecule has 0 saturated heterocycles. The summed E-state index contributed by atoms with van der Waals surface area (Å²) in [5, 5.41) is 0. The van der Waals surface area contributed by atoms with E-state index in [1.54, 1.807) is 0 Å². The molecule has 114 valence electrons. The molecule has 21 heavy (non-hydrogen) atoms. The second-order valence-electron chi connectivity index (χ2n) is 6.00. The Labute approximate surface area is 128 Å². The van der Waals surface area contributed by atoms with Crippen molar-refractivity contribution in [3.63, 3.8) is 0 Å². The smallest absolute Gasteiger partial charge is 0.155 e. The zero-order valence-corrected chi connectivity index (χ0v) is 13.3. The number of benzene rings is 1. The molecule has 0 fully saturated rings. The number of carbonyl (C=O) groups is 1. The normalized spacial score (nSPS) is 16.9. The van der Waals surface area contributed by atoms with E-state index < -0.39 is 0 Å². The lowest BCUT2D eigenvalue weighted by Gasteiger charge is -2.30. The van der Waals surface area contributed by atoms with E-state index in [1.165, 1.54) is 11.1 Å². The molecular formula is C19H27NO. The summed E-state index contributed by atoms with van der Waals surface area (Å²) in [6, 6.07) is 11.1. The summed E-state index contributed by atoms with van der Waals surface area (Å²) >= 11 is 0. The van der Waals surface area contributed by atoms with Gasteiger partial charge in [-0.05, 0) is 50.8 Å². The number of carbonyl (C=O) groups excluding carboxylic acids is 1. The fourth-order valence-corrected chi connectivity index (χ4v) is 3.07. The van der Waals surface area contributed by atoms with Crippen molar-refractivity contribution in [3.05, 3.63) is 47.5 Å². The predicted molar refractivity (Wildman–Crippen MR) is 88.3 cm³/mol. The van der Waals surface area contributed by atoms with Crippen LogP contribution in [0.5, 0.6) is 0 Å². The van der Waals surface area contributed by atoms with Crippen molar-refractivity contribution in [2.75, 3.05) is 13.1 Å². The Balaban J connectivity index is 1.97. The lowest BCUT2D eigenvalue weighted by molar-refractivity contribution is -0.115. The Bertz CT molecular complexity index is 478. The van der Waals surface area contributed by atoms with E-state index in [9.17, 15) is 4.79 Å². The fraction of sp³-hybridized carbons (Fsp3) is 0.526. The second-order valence-corrected chi connectivity index (χ2v) is 6.00. The van der Waals surface area contributed by atoms with Gasteiger partial charge in [0.25, 0.3) is 0 Å². The molecule has 0 heterocycles. The molecule has 0 aliphatic heterocycles. The summed E-state index contributed by atoms with van der Waals surface area (Å²) in [7, 11) is 0. The third-order valence-electron chi connectivity index (χ3n) is 4.35. The van der Waals surface area contributed by atoms with Crippen molar-refractivity contribution in [2.24, 2.45) is 0 Å². The highest BCUT2D eigenvalue weighted by atomic mass is 16.1. The Morgan fingerprint density at radius 2 is 1.90 bits per heavy atom. The van der Waals surface area contributed by atoms with Gasteiger partial charge in [0.2, 0.25) is 0 Å². The van der Waals surface area contributed by atoms with Gasteiger partial charge in [-0.1, -0.05) is 42.8 Å². The van der Waals surface area contributed by atoms with Gasteiger partial charge in [-0.2, -0.15) is 0 Å². The van der Waals surface area contributed by atoms with E-state index in [0.29, 0.717) is 11.8 Å². The number of allylic oxidation sites excluding steroid dienone is 1. The van der Waals surface area contributed by atoms with E-state index >= 15 is 0 Å². The largest absolute Gasteiger partial charge is 0.296 e. The number of ketones is 1. The minimum Gasteiger partial charge on any atom is -0.296 e. The fourth-order valence-electron chi connectivity index (χ4n) is 3.07. The van der Waals surface area contributed by atoms with E-state index in [1.807, 2.05) is 6.08 Å². The molecule has 1 atom stereocenters. The predicted octanol–water partition coefficient (Wildman–Crippen LogP) is 4.53. The molecule has 0 saturated carbocycles. The molecule has 0 aromatic heterocycles. The first-order chi connectivity index (χ1) is 10.2. The monoisotopic (exact) mass is 285 g/mol. The van der Waals surface area contributed by atoms with Crippen molar-refractivity contribution in [2.45, 2.75) is 52.0 Å². The zero-order chi connectivity index (χ0) is 15.1. The molecule has 0 N–H and O–H groups in total. The highest BCUT2D eigenvalue weighted by Gasteiger charge is 2.16. The van der Waals surface area contributed by atoms with Crippen LogP contribution in [0.4, 0.5) is 0 Å². The molecule has 2 nitrogen and oxygen atoms in total. The first-order valence-corrected chi connectivity index (χ1v) is 8.22. The van der Waals surface area contributed by atoms with E-state index in [4.69, 9.17) is 0 Å². The third kappa shape index (κ3) is 4.82. The Kier molecular flexibility index (Phi) is 6.19. The van der Waals surface area contributed by atoms with Crippen molar-refractivity contribution >= 4 is 5.78 Å². The van der Waals surface area contributed by atoms with Crippen LogP contribution < -0.4 is 0 Å². The molecule has 0 bridgehead atoms. The topological polar surface area (TPSA) is 20.3 Å². The molecule has 0 radical (unpaired) electrons. The van der Waals surface area contributed by atoms with Crippen molar-refractivity contribution in [1.29, 1.82) is 0 Å². The number of nitrogens with zero attached hydrogens (tertiary/aromatic N) is 1. The van der Waals surface area contributed by atoms with Crippen molar-refractivity contribution in [1.82, 2.24) is 4.90 Å². The maximum Gasteiger partial charge on any atom is 0.155 e. The van der Waals surface area contributed by atoms with Crippen LogP contribution >= 0.6 is 0 Å². The zero-order valence-electron chi connectivity index (χ0n) is 13.3. The van der Waals surface area contributed by atoms with Crippen molar-refractivity contribution < 1.29 is 4.79 Å². The highest BCUT2D eigenvalue weighted by Crippen LogP contribution is 2.23. The summed E-state index contributed by atoms with van der Waals surface area (Å²) in [6.45, 7) is 6.67. The molecule has 0 amide bonds. The Morgan fingerprint density at radius 1 is 1.14 bits per heavy atom. The standard InChI is InChI=1S/C19H27NO/c1-3-13-20(16(2)18-9-5-4-6-10-18)14-12-17-8-7-11-19(21)15-17/h4-6,9-10,15-16H,3,7-8,11-14H2,1-2H3. The van der Waals surface area contributed by atoms with Gasteiger partial charge in [0.15, 0.2) is 5.78 Å². The van der Waals surface area contributed by atoms with Gasteiger partial charge < -0.3 is 0 Å². The number of rotatable bonds is 7. The Hall–Kier alpha value is -1.41. The maximum atomic E-state index is 11.5. The molecule has 1 aromatic carbocycles. The van der Waals surface area contributed by atoms with Gasteiger partial charge in [0, 0.05) is 19.0 Å². The van der Waals surface area contributed by atoms with E-state index in [0.717, 1.165) is 45.2 Å². The molecule has 1 unspecified atom stereocenters. The average molecular weight is 285 g/mol. The van der Waals surface area contributed by atoms with Gasteiger partial charge in [-0.15, -0.1) is 0 Å². The van der Waals surface area contributed by atoms with Crippen LogP contribution in [0.15, 0.2) is 42.0 Å².